The number of hydrogen-bond acceptors (Lipinski definition) is 6. The van der Waals surface area contributed by atoms with Crippen molar-refractivity contribution in [2.45, 2.75) is 0 Å². The van der Waals surface area contributed by atoms with Crippen LogP contribution in [-0.2, 0) is 0 Å². The largest absolute Gasteiger partial charge is 0.373 e. The predicted octanol–water partition coefficient (Wildman–Crippen LogP) is 0.960. The Morgan fingerprint density at radius 1 is 1.71 bits per heavy atom. The number of hydrogen-bond donors (Lipinski definition) is 1. The van der Waals surface area contributed by atoms with Crippen molar-refractivity contribution >= 4 is 27.9 Å². The molecule has 0 unspecified atom stereocenters. The van der Waals surface area contributed by atoms with Crippen molar-refractivity contribution in [2.24, 2.45) is 0 Å². The summed E-state index contributed by atoms with van der Waals surface area (Å²) in [5.74, 6) is 0.442. The van der Waals surface area contributed by atoms with Gasteiger partial charge in [0.25, 0.3) is 4.96 Å². The molecule has 1 N–H and O–H groups in total. The van der Waals surface area contributed by atoms with Crippen molar-refractivity contribution in [2.75, 3.05) is 32.1 Å². The fraction of sp³-hybridized carbons (Fsp3) is 0.444. The molecule has 0 aliphatic rings. The lowest BCUT2D eigenvalue weighted by atomic mass is 10.5. The highest BCUT2D eigenvalue weighted by atomic mass is 32.1. The van der Waals surface area contributed by atoms with Crippen LogP contribution in [0.25, 0.3) is 4.96 Å². The van der Waals surface area contributed by atoms with Crippen LogP contribution in [-0.4, -0.2) is 41.5 Å². The molecule has 17 heavy (non-hydrogen) atoms. The van der Waals surface area contributed by atoms with Crippen molar-refractivity contribution in [3.8, 4) is 0 Å². The molecule has 0 fully saturated rings. The van der Waals surface area contributed by atoms with Crippen molar-refractivity contribution in [3.63, 3.8) is 0 Å². The first-order valence-corrected chi connectivity index (χ1v) is 5.98. The summed E-state index contributed by atoms with van der Waals surface area (Å²) in [5, 5.41) is 15.9. The number of anilines is 1. The molecule has 2 aromatic rings. The molecule has 2 rings (SSSR count). The summed E-state index contributed by atoms with van der Waals surface area (Å²) in [6, 6.07) is 0. The van der Waals surface area contributed by atoms with E-state index in [0.717, 1.165) is 6.54 Å². The number of thiazole rings is 1. The normalized spacial score (nSPS) is 10.9. The third kappa shape index (κ3) is 2.08. The molecule has 0 radical (unpaired) electrons. The Bertz CT molecular complexity index is 534. The zero-order chi connectivity index (χ0) is 12.4. The predicted molar refractivity (Wildman–Crippen MR) is 66.9 cm³/mol. The van der Waals surface area contributed by atoms with E-state index in [4.69, 9.17) is 0 Å². The second-order valence-corrected chi connectivity index (χ2v) is 4.47. The number of fused-ring (bicyclic) bond motifs is 1. The minimum Gasteiger partial charge on any atom is -0.358 e. The molecule has 0 bridgehead atoms. The van der Waals surface area contributed by atoms with Crippen LogP contribution in [0.1, 0.15) is 0 Å². The van der Waals surface area contributed by atoms with Crippen molar-refractivity contribution in [1.82, 2.24) is 14.7 Å². The monoisotopic (exact) mass is 255 g/mol. The minimum absolute atomic E-state index is 0.0276. The summed E-state index contributed by atoms with van der Waals surface area (Å²) >= 11 is 1.39. The maximum Gasteiger partial charge on any atom is 0.373 e. The molecule has 92 valence electrons. The van der Waals surface area contributed by atoms with Crippen LogP contribution < -0.4 is 10.2 Å². The Morgan fingerprint density at radius 2 is 2.47 bits per heavy atom. The van der Waals surface area contributed by atoms with Gasteiger partial charge in [-0.2, -0.15) is 9.38 Å². The van der Waals surface area contributed by atoms with Crippen LogP contribution in [0.2, 0.25) is 0 Å². The zero-order valence-electron chi connectivity index (χ0n) is 9.58. The maximum absolute atomic E-state index is 11.1. The van der Waals surface area contributed by atoms with Crippen LogP contribution in [0, 0.1) is 10.1 Å². The molecule has 0 saturated heterocycles. The molecule has 0 aliphatic heterocycles. The van der Waals surface area contributed by atoms with Crippen molar-refractivity contribution in [1.29, 1.82) is 0 Å². The Morgan fingerprint density at radius 3 is 3.12 bits per heavy atom. The highest BCUT2D eigenvalue weighted by molar-refractivity contribution is 7.15. The van der Waals surface area contributed by atoms with Crippen molar-refractivity contribution < 1.29 is 4.92 Å². The molecule has 0 spiro atoms. The smallest absolute Gasteiger partial charge is 0.358 e. The molecule has 0 saturated carbocycles. The van der Waals surface area contributed by atoms with Gasteiger partial charge in [-0.05, 0) is 12.0 Å². The molecule has 7 nitrogen and oxygen atoms in total. The summed E-state index contributed by atoms with van der Waals surface area (Å²) < 4.78 is 1.51. The van der Waals surface area contributed by atoms with Gasteiger partial charge in [-0.25, -0.2) is 0 Å². The third-order valence-corrected chi connectivity index (χ3v) is 3.21. The number of nitrogens with zero attached hydrogens (tertiary/aromatic N) is 4. The lowest BCUT2D eigenvalue weighted by Crippen LogP contribution is -2.27. The topological polar surface area (TPSA) is 75.7 Å². The molecule has 0 amide bonds. The van der Waals surface area contributed by atoms with E-state index in [1.54, 1.807) is 23.5 Å². The lowest BCUT2D eigenvalue weighted by molar-refractivity contribution is -0.389. The standard InChI is InChI=1S/C9H13N5O2S/c1-10-3-4-12(2)7-8(14(15)16)13-5-6-17-9(13)11-7/h5-6,10H,3-4H2,1-2H3. The summed E-state index contributed by atoms with van der Waals surface area (Å²) in [5.41, 5.74) is 0. The summed E-state index contributed by atoms with van der Waals surface area (Å²) in [4.78, 5) is 17.4. The van der Waals surface area contributed by atoms with Gasteiger partial charge in [0.2, 0.25) is 5.82 Å². The number of imidazole rings is 1. The first kappa shape index (κ1) is 11.8. The van der Waals surface area contributed by atoms with Crippen LogP contribution in [0.4, 0.5) is 11.6 Å². The van der Waals surface area contributed by atoms with E-state index in [1.807, 2.05) is 7.05 Å². The number of nitrogens with one attached hydrogen (secondary N) is 1. The van der Waals surface area contributed by atoms with E-state index in [-0.39, 0.29) is 5.82 Å². The van der Waals surface area contributed by atoms with Crippen LogP contribution in [0.15, 0.2) is 11.6 Å². The lowest BCUT2D eigenvalue weighted by Gasteiger charge is -2.15. The average Bonchev–Trinajstić information content (AvgIpc) is 2.83. The van der Waals surface area contributed by atoms with Crippen LogP contribution >= 0.6 is 11.3 Å². The highest BCUT2D eigenvalue weighted by Crippen LogP contribution is 2.29. The quantitative estimate of drug-likeness (QED) is 0.636. The average molecular weight is 255 g/mol. The molecule has 0 aromatic carbocycles. The molecule has 8 heteroatoms. The molecule has 0 atom stereocenters. The SMILES string of the molecule is CNCCN(C)c1nc2sccn2c1[N+](=O)[O-]. The summed E-state index contributed by atoms with van der Waals surface area (Å²) in [7, 11) is 3.64. The van der Waals surface area contributed by atoms with E-state index >= 15 is 0 Å². The van der Waals surface area contributed by atoms with Gasteiger partial charge in [0.05, 0.1) is 0 Å². The van der Waals surface area contributed by atoms with E-state index in [9.17, 15) is 10.1 Å². The van der Waals surface area contributed by atoms with E-state index in [2.05, 4.69) is 10.3 Å². The number of aromatic nitrogens is 2. The number of likely N-dealkylation sites (N-methyl/N-ethyl adjacent to an activating group) is 2. The number of rotatable bonds is 5. The Balaban J connectivity index is 2.41. The number of nitro groups is 1. The Kier molecular flexibility index (Phi) is 3.25. The molecule has 0 aliphatic carbocycles. The van der Waals surface area contributed by atoms with Crippen LogP contribution in [0.3, 0.4) is 0 Å². The fourth-order valence-corrected chi connectivity index (χ4v) is 2.28. The first-order valence-electron chi connectivity index (χ1n) is 5.11. The zero-order valence-corrected chi connectivity index (χ0v) is 10.4. The Labute approximate surface area is 102 Å². The summed E-state index contributed by atoms with van der Waals surface area (Å²) in [6.07, 6.45) is 1.67. The van der Waals surface area contributed by atoms with Gasteiger partial charge < -0.3 is 20.3 Å². The Hall–Kier alpha value is -1.67. The van der Waals surface area contributed by atoms with E-state index in [0.29, 0.717) is 17.3 Å². The minimum atomic E-state index is -0.391. The third-order valence-electron chi connectivity index (χ3n) is 2.45. The van der Waals surface area contributed by atoms with Crippen molar-refractivity contribution in [3.05, 3.63) is 21.7 Å². The van der Waals surface area contributed by atoms with Gasteiger partial charge in [0.15, 0.2) is 0 Å². The molecule has 2 aromatic heterocycles. The van der Waals surface area contributed by atoms with Gasteiger partial charge in [-0.3, -0.25) is 0 Å². The molecular formula is C9H13N5O2S. The van der Waals surface area contributed by atoms with E-state index < -0.39 is 4.92 Å². The molecule has 2 heterocycles. The maximum atomic E-state index is 11.1. The highest BCUT2D eigenvalue weighted by Gasteiger charge is 2.25. The van der Waals surface area contributed by atoms with Gasteiger partial charge >= 0.3 is 5.82 Å². The van der Waals surface area contributed by atoms with E-state index in [1.165, 1.54) is 15.7 Å². The van der Waals surface area contributed by atoms with Gasteiger partial charge in [-0.1, -0.05) is 11.3 Å². The van der Waals surface area contributed by atoms with Crippen LogP contribution in [0.5, 0.6) is 0 Å². The van der Waals surface area contributed by atoms with Gasteiger partial charge in [0.1, 0.15) is 6.20 Å². The summed E-state index contributed by atoms with van der Waals surface area (Å²) in [6.45, 7) is 1.42. The van der Waals surface area contributed by atoms with Gasteiger partial charge in [-0.15, -0.1) is 0 Å². The van der Waals surface area contributed by atoms with Gasteiger partial charge in [0, 0.05) is 25.5 Å². The molecular weight excluding hydrogens is 242 g/mol. The fourth-order valence-electron chi connectivity index (χ4n) is 1.57. The second-order valence-electron chi connectivity index (χ2n) is 3.60. The first-order chi connectivity index (χ1) is 8.15. The second kappa shape index (κ2) is 4.68.